The minimum absolute atomic E-state index is 0.0760. The first-order chi connectivity index (χ1) is 8.08. The van der Waals surface area contributed by atoms with E-state index >= 15 is 0 Å². The van der Waals surface area contributed by atoms with Crippen LogP contribution in [0.5, 0.6) is 0 Å². The summed E-state index contributed by atoms with van der Waals surface area (Å²) in [6.07, 6.45) is 1.22. The van der Waals surface area contributed by atoms with Gasteiger partial charge in [-0.2, -0.15) is 0 Å². The molecule has 1 aromatic rings. The van der Waals surface area contributed by atoms with Crippen molar-refractivity contribution in [1.29, 1.82) is 0 Å². The normalized spacial score (nSPS) is 24.2. The molecule has 3 heteroatoms. The fourth-order valence-electron chi connectivity index (χ4n) is 1.95. The highest BCUT2D eigenvalue weighted by molar-refractivity contribution is 5.82. The highest BCUT2D eigenvalue weighted by atomic mass is 16.2. The SMILES string of the molecule is Cc1ccc(C(N)C(=O)NCC2CC2C)cc1. The van der Waals surface area contributed by atoms with Crippen molar-refractivity contribution in [2.45, 2.75) is 26.3 Å². The molecule has 0 aromatic heterocycles. The van der Waals surface area contributed by atoms with Crippen molar-refractivity contribution in [3.05, 3.63) is 35.4 Å². The van der Waals surface area contributed by atoms with Gasteiger partial charge in [0.25, 0.3) is 0 Å². The van der Waals surface area contributed by atoms with Crippen LogP contribution < -0.4 is 11.1 Å². The molecule has 1 saturated carbocycles. The molecule has 1 aromatic carbocycles. The van der Waals surface area contributed by atoms with Gasteiger partial charge < -0.3 is 11.1 Å². The Hall–Kier alpha value is -1.35. The van der Waals surface area contributed by atoms with Crippen molar-refractivity contribution in [1.82, 2.24) is 5.32 Å². The maximum Gasteiger partial charge on any atom is 0.241 e. The van der Waals surface area contributed by atoms with E-state index in [2.05, 4.69) is 12.2 Å². The lowest BCUT2D eigenvalue weighted by atomic mass is 10.1. The van der Waals surface area contributed by atoms with Gasteiger partial charge in [-0.15, -0.1) is 0 Å². The summed E-state index contributed by atoms with van der Waals surface area (Å²) in [5.74, 6) is 1.34. The first-order valence-electron chi connectivity index (χ1n) is 6.18. The molecule has 1 aliphatic rings. The number of aryl methyl sites for hydroxylation is 1. The Kier molecular flexibility index (Phi) is 3.48. The number of amides is 1. The number of carbonyl (C=O) groups excluding carboxylic acids is 1. The fraction of sp³-hybridized carbons (Fsp3) is 0.500. The summed E-state index contributed by atoms with van der Waals surface area (Å²) < 4.78 is 0. The van der Waals surface area contributed by atoms with Crippen molar-refractivity contribution in [2.75, 3.05) is 6.54 Å². The Balaban J connectivity index is 1.87. The van der Waals surface area contributed by atoms with Crippen molar-refractivity contribution < 1.29 is 4.79 Å². The number of hydrogen-bond acceptors (Lipinski definition) is 2. The molecule has 1 aliphatic carbocycles. The van der Waals surface area contributed by atoms with Crippen LogP contribution in [-0.2, 0) is 4.79 Å². The highest BCUT2D eigenvalue weighted by Crippen LogP contribution is 2.36. The maximum atomic E-state index is 11.8. The van der Waals surface area contributed by atoms with Crippen molar-refractivity contribution in [2.24, 2.45) is 17.6 Å². The Morgan fingerprint density at radius 1 is 1.47 bits per heavy atom. The second-order valence-electron chi connectivity index (χ2n) is 5.11. The fourth-order valence-corrected chi connectivity index (χ4v) is 1.95. The lowest BCUT2D eigenvalue weighted by Gasteiger charge is -2.12. The zero-order valence-electron chi connectivity index (χ0n) is 10.4. The van der Waals surface area contributed by atoms with Gasteiger partial charge >= 0.3 is 0 Å². The molecule has 3 nitrogen and oxygen atoms in total. The van der Waals surface area contributed by atoms with Crippen LogP contribution in [0.3, 0.4) is 0 Å². The van der Waals surface area contributed by atoms with Crippen LogP contribution in [0, 0.1) is 18.8 Å². The first-order valence-corrected chi connectivity index (χ1v) is 6.18. The molecule has 0 heterocycles. The monoisotopic (exact) mass is 232 g/mol. The van der Waals surface area contributed by atoms with E-state index in [-0.39, 0.29) is 5.91 Å². The first kappa shape index (κ1) is 12.1. The Labute approximate surface area is 102 Å². The van der Waals surface area contributed by atoms with Crippen LogP contribution in [0.15, 0.2) is 24.3 Å². The Morgan fingerprint density at radius 2 is 2.06 bits per heavy atom. The molecule has 0 aliphatic heterocycles. The summed E-state index contributed by atoms with van der Waals surface area (Å²) in [4.78, 5) is 11.8. The number of benzene rings is 1. The summed E-state index contributed by atoms with van der Waals surface area (Å²) in [7, 11) is 0. The number of nitrogens with one attached hydrogen (secondary N) is 1. The molecule has 17 heavy (non-hydrogen) atoms. The minimum atomic E-state index is -0.551. The quantitative estimate of drug-likeness (QED) is 0.831. The van der Waals surface area contributed by atoms with Crippen LogP contribution in [0.4, 0.5) is 0 Å². The summed E-state index contributed by atoms with van der Waals surface area (Å²) in [5, 5.41) is 2.92. The zero-order chi connectivity index (χ0) is 12.4. The van der Waals surface area contributed by atoms with Gasteiger partial charge in [0.15, 0.2) is 0 Å². The molecule has 0 bridgehead atoms. The highest BCUT2D eigenvalue weighted by Gasteiger charge is 2.32. The lowest BCUT2D eigenvalue weighted by molar-refractivity contribution is -0.122. The second kappa shape index (κ2) is 4.88. The Bertz CT molecular complexity index is 399. The topological polar surface area (TPSA) is 55.1 Å². The average molecular weight is 232 g/mol. The predicted octanol–water partition coefficient (Wildman–Crippen LogP) is 1.77. The van der Waals surface area contributed by atoms with E-state index in [0.717, 1.165) is 18.0 Å². The average Bonchev–Trinajstić information content (AvgIpc) is 3.02. The third-order valence-corrected chi connectivity index (χ3v) is 3.53. The molecule has 1 fully saturated rings. The van der Waals surface area contributed by atoms with Gasteiger partial charge in [-0.25, -0.2) is 0 Å². The van der Waals surface area contributed by atoms with Gasteiger partial charge in [-0.1, -0.05) is 36.8 Å². The van der Waals surface area contributed by atoms with E-state index in [0.29, 0.717) is 5.92 Å². The van der Waals surface area contributed by atoms with Crippen molar-refractivity contribution in [3.8, 4) is 0 Å². The molecule has 1 amide bonds. The van der Waals surface area contributed by atoms with E-state index in [1.807, 2.05) is 31.2 Å². The molecule has 3 unspecified atom stereocenters. The molecule has 0 saturated heterocycles. The molecule has 0 radical (unpaired) electrons. The van der Waals surface area contributed by atoms with Crippen molar-refractivity contribution in [3.63, 3.8) is 0 Å². The summed E-state index contributed by atoms with van der Waals surface area (Å²) in [6, 6.07) is 7.24. The number of rotatable bonds is 4. The van der Waals surface area contributed by atoms with Gasteiger partial charge in [0.1, 0.15) is 6.04 Å². The lowest BCUT2D eigenvalue weighted by Crippen LogP contribution is -2.35. The van der Waals surface area contributed by atoms with E-state index in [1.54, 1.807) is 0 Å². The number of carbonyl (C=O) groups is 1. The van der Waals surface area contributed by atoms with Gasteiger partial charge in [0, 0.05) is 6.54 Å². The third kappa shape index (κ3) is 3.07. The largest absolute Gasteiger partial charge is 0.354 e. The van der Waals surface area contributed by atoms with Gasteiger partial charge in [-0.3, -0.25) is 4.79 Å². The summed E-state index contributed by atoms with van der Waals surface area (Å²) in [6.45, 7) is 4.99. The van der Waals surface area contributed by atoms with E-state index in [9.17, 15) is 4.79 Å². The van der Waals surface area contributed by atoms with Gasteiger partial charge in [0.2, 0.25) is 5.91 Å². The number of hydrogen-bond donors (Lipinski definition) is 2. The van der Waals surface area contributed by atoms with Crippen LogP contribution in [0.2, 0.25) is 0 Å². The molecule has 3 atom stereocenters. The summed E-state index contributed by atoms with van der Waals surface area (Å²) in [5.41, 5.74) is 7.96. The maximum absolute atomic E-state index is 11.8. The molecule has 3 N–H and O–H groups in total. The van der Waals surface area contributed by atoms with Crippen molar-refractivity contribution >= 4 is 5.91 Å². The van der Waals surface area contributed by atoms with E-state index in [4.69, 9.17) is 5.73 Å². The van der Waals surface area contributed by atoms with E-state index < -0.39 is 6.04 Å². The Morgan fingerprint density at radius 3 is 2.59 bits per heavy atom. The van der Waals surface area contributed by atoms with Crippen LogP contribution in [-0.4, -0.2) is 12.5 Å². The standard InChI is InChI=1S/C14H20N2O/c1-9-3-5-11(6-4-9)13(15)14(17)16-8-12-7-10(12)2/h3-6,10,12-13H,7-8,15H2,1-2H3,(H,16,17). The molecule has 2 rings (SSSR count). The van der Waals surface area contributed by atoms with Crippen LogP contribution in [0.25, 0.3) is 0 Å². The summed E-state index contributed by atoms with van der Waals surface area (Å²) >= 11 is 0. The van der Waals surface area contributed by atoms with Gasteiger partial charge in [-0.05, 0) is 30.7 Å². The third-order valence-electron chi connectivity index (χ3n) is 3.53. The zero-order valence-corrected chi connectivity index (χ0v) is 10.4. The number of nitrogens with two attached hydrogens (primary N) is 1. The smallest absolute Gasteiger partial charge is 0.241 e. The molecular formula is C14H20N2O. The predicted molar refractivity (Wildman–Crippen MR) is 68.4 cm³/mol. The van der Waals surface area contributed by atoms with Crippen LogP contribution in [0.1, 0.15) is 30.5 Å². The molecular weight excluding hydrogens is 212 g/mol. The molecule has 0 spiro atoms. The van der Waals surface area contributed by atoms with E-state index in [1.165, 1.54) is 12.0 Å². The molecule has 92 valence electrons. The van der Waals surface area contributed by atoms with Crippen LogP contribution >= 0.6 is 0 Å². The minimum Gasteiger partial charge on any atom is -0.354 e. The van der Waals surface area contributed by atoms with Gasteiger partial charge in [0.05, 0.1) is 0 Å². The second-order valence-corrected chi connectivity index (χ2v) is 5.11.